The van der Waals surface area contributed by atoms with Crippen molar-refractivity contribution in [3.63, 3.8) is 0 Å². The molecule has 2 N–H and O–H groups in total. The zero-order valence-corrected chi connectivity index (χ0v) is 10.1. The Bertz CT molecular complexity index is 359. The topological polar surface area (TPSA) is 44.5 Å². The molecule has 1 unspecified atom stereocenters. The number of rotatable bonds is 5. The Kier molecular flexibility index (Phi) is 4.86. The molecular formula is C13H19NO2. The van der Waals surface area contributed by atoms with Crippen LogP contribution in [0, 0.1) is 0 Å². The molecule has 16 heavy (non-hydrogen) atoms. The van der Waals surface area contributed by atoms with Crippen LogP contribution < -0.4 is 15.2 Å². The van der Waals surface area contributed by atoms with E-state index in [2.05, 4.69) is 0 Å². The molecule has 1 aromatic rings. The predicted octanol–water partition coefficient (Wildman–Crippen LogP) is 2.67. The average molecular weight is 221 g/mol. The van der Waals surface area contributed by atoms with Crippen LogP contribution in [0.2, 0.25) is 0 Å². The van der Waals surface area contributed by atoms with Crippen molar-refractivity contribution in [1.82, 2.24) is 0 Å². The van der Waals surface area contributed by atoms with Gasteiger partial charge in [0.25, 0.3) is 0 Å². The molecule has 1 aromatic carbocycles. The Hall–Kier alpha value is -1.48. The first-order valence-corrected chi connectivity index (χ1v) is 5.36. The van der Waals surface area contributed by atoms with Gasteiger partial charge in [0.15, 0.2) is 0 Å². The molecule has 0 heterocycles. The number of hydrogen-bond acceptors (Lipinski definition) is 3. The summed E-state index contributed by atoms with van der Waals surface area (Å²) in [6, 6.07) is 5.64. The van der Waals surface area contributed by atoms with Gasteiger partial charge < -0.3 is 15.2 Å². The van der Waals surface area contributed by atoms with E-state index in [0.717, 1.165) is 17.1 Å². The third-order valence-corrected chi connectivity index (χ3v) is 2.28. The van der Waals surface area contributed by atoms with Crippen LogP contribution in [0.4, 0.5) is 0 Å². The van der Waals surface area contributed by atoms with E-state index in [1.165, 1.54) is 0 Å². The highest BCUT2D eigenvalue weighted by atomic mass is 16.5. The van der Waals surface area contributed by atoms with Crippen molar-refractivity contribution in [2.45, 2.75) is 19.9 Å². The molecule has 3 nitrogen and oxygen atoms in total. The van der Waals surface area contributed by atoms with E-state index in [1.54, 1.807) is 7.11 Å². The Labute approximate surface area is 96.9 Å². The molecular weight excluding hydrogens is 202 g/mol. The van der Waals surface area contributed by atoms with Crippen molar-refractivity contribution in [2.75, 3.05) is 13.7 Å². The molecule has 0 amide bonds. The van der Waals surface area contributed by atoms with Crippen molar-refractivity contribution >= 4 is 0 Å². The van der Waals surface area contributed by atoms with Gasteiger partial charge in [-0.15, -0.1) is 0 Å². The van der Waals surface area contributed by atoms with Gasteiger partial charge in [0.2, 0.25) is 0 Å². The van der Waals surface area contributed by atoms with Gasteiger partial charge in [0.1, 0.15) is 18.1 Å². The SMILES string of the molecule is C/C=C/COc1cc(OC)ccc1C(C)N. The molecule has 0 aromatic heterocycles. The number of nitrogens with two attached hydrogens (primary N) is 1. The van der Waals surface area contributed by atoms with Crippen LogP contribution in [-0.2, 0) is 0 Å². The van der Waals surface area contributed by atoms with Crippen molar-refractivity contribution in [3.8, 4) is 11.5 Å². The Morgan fingerprint density at radius 2 is 2.19 bits per heavy atom. The summed E-state index contributed by atoms with van der Waals surface area (Å²) in [6.45, 7) is 4.44. The van der Waals surface area contributed by atoms with Crippen LogP contribution in [0.1, 0.15) is 25.5 Å². The van der Waals surface area contributed by atoms with Crippen LogP contribution in [0.15, 0.2) is 30.4 Å². The minimum Gasteiger partial charge on any atom is -0.497 e. The maximum atomic E-state index is 5.87. The van der Waals surface area contributed by atoms with Gasteiger partial charge in [-0.1, -0.05) is 18.2 Å². The summed E-state index contributed by atoms with van der Waals surface area (Å²) in [7, 11) is 1.64. The molecule has 0 aliphatic carbocycles. The summed E-state index contributed by atoms with van der Waals surface area (Å²) in [5.41, 5.74) is 6.86. The molecule has 0 radical (unpaired) electrons. The number of ether oxygens (including phenoxy) is 2. The summed E-state index contributed by atoms with van der Waals surface area (Å²) in [5, 5.41) is 0. The van der Waals surface area contributed by atoms with E-state index in [9.17, 15) is 0 Å². The molecule has 0 saturated heterocycles. The Morgan fingerprint density at radius 3 is 2.75 bits per heavy atom. The first-order valence-electron chi connectivity index (χ1n) is 5.36. The standard InChI is InChI=1S/C13H19NO2/c1-4-5-8-16-13-9-11(15-3)6-7-12(13)10(2)14/h4-7,9-10H,8,14H2,1-3H3/b5-4+. The van der Waals surface area contributed by atoms with Crippen molar-refractivity contribution in [2.24, 2.45) is 5.73 Å². The highest BCUT2D eigenvalue weighted by Gasteiger charge is 2.09. The summed E-state index contributed by atoms with van der Waals surface area (Å²) in [6.07, 6.45) is 3.90. The van der Waals surface area contributed by atoms with E-state index in [-0.39, 0.29) is 6.04 Å². The van der Waals surface area contributed by atoms with E-state index >= 15 is 0 Å². The lowest BCUT2D eigenvalue weighted by atomic mass is 10.1. The fourth-order valence-electron chi connectivity index (χ4n) is 1.38. The molecule has 0 saturated carbocycles. The molecule has 0 aliphatic rings. The lowest BCUT2D eigenvalue weighted by Crippen LogP contribution is -2.08. The molecule has 1 rings (SSSR count). The van der Waals surface area contributed by atoms with Crippen LogP contribution in [0.3, 0.4) is 0 Å². The van der Waals surface area contributed by atoms with Crippen LogP contribution in [0.5, 0.6) is 11.5 Å². The van der Waals surface area contributed by atoms with Gasteiger partial charge in [-0.2, -0.15) is 0 Å². The fraction of sp³-hybridized carbons (Fsp3) is 0.385. The molecule has 0 spiro atoms. The molecule has 88 valence electrons. The van der Waals surface area contributed by atoms with Gasteiger partial charge in [-0.05, 0) is 19.9 Å². The number of benzene rings is 1. The number of methoxy groups -OCH3 is 1. The van der Waals surface area contributed by atoms with Crippen LogP contribution in [0.25, 0.3) is 0 Å². The van der Waals surface area contributed by atoms with E-state index in [1.807, 2.05) is 44.2 Å². The maximum Gasteiger partial charge on any atom is 0.128 e. The Balaban J connectivity index is 2.91. The summed E-state index contributed by atoms with van der Waals surface area (Å²) in [5.74, 6) is 1.56. The van der Waals surface area contributed by atoms with E-state index < -0.39 is 0 Å². The van der Waals surface area contributed by atoms with Gasteiger partial charge in [0.05, 0.1) is 7.11 Å². The highest BCUT2D eigenvalue weighted by molar-refractivity contribution is 5.42. The monoisotopic (exact) mass is 221 g/mol. The lowest BCUT2D eigenvalue weighted by Gasteiger charge is -2.14. The zero-order chi connectivity index (χ0) is 12.0. The quantitative estimate of drug-likeness (QED) is 0.777. The van der Waals surface area contributed by atoms with Crippen LogP contribution in [-0.4, -0.2) is 13.7 Å². The lowest BCUT2D eigenvalue weighted by molar-refractivity contribution is 0.351. The van der Waals surface area contributed by atoms with Gasteiger partial charge in [-0.25, -0.2) is 0 Å². The summed E-state index contributed by atoms with van der Waals surface area (Å²) in [4.78, 5) is 0. The van der Waals surface area contributed by atoms with Crippen molar-refractivity contribution in [3.05, 3.63) is 35.9 Å². The van der Waals surface area contributed by atoms with Gasteiger partial charge >= 0.3 is 0 Å². The molecule has 3 heteroatoms. The van der Waals surface area contributed by atoms with Crippen molar-refractivity contribution in [1.29, 1.82) is 0 Å². The largest absolute Gasteiger partial charge is 0.497 e. The summed E-state index contributed by atoms with van der Waals surface area (Å²) >= 11 is 0. The second-order valence-corrected chi connectivity index (χ2v) is 3.57. The second-order valence-electron chi connectivity index (χ2n) is 3.57. The maximum absolute atomic E-state index is 5.87. The fourth-order valence-corrected chi connectivity index (χ4v) is 1.38. The van der Waals surface area contributed by atoms with Crippen LogP contribution >= 0.6 is 0 Å². The number of allylic oxidation sites excluding steroid dienone is 1. The van der Waals surface area contributed by atoms with Gasteiger partial charge in [0, 0.05) is 17.7 Å². The van der Waals surface area contributed by atoms with E-state index in [4.69, 9.17) is 15.2 Å². The predicted molar refractivity (Wildman–Crippen MR) is 65.9 cm³/mol. The minimum absolute atomic E-state index is 0.0495. The highest BCUT2D eigenvalue weighted by Crippen LogP contribution is 2.28. The molecule has 0 bridgehead atoms. The normalized spacial score (nSPS) is 12.8. The third-order valence-electron chi connectivity index (χ3n) is 2.28. The first kappa shape index (κ1) is 12.6. The average Bonchev–Trinajstić information content (AvgIpc) is 2.29. The third kappa shape index (κ3) is 3.28. The second kappa shape index (κ2) is 6.18. The van der Waals surface area contributed by atoms with E-state index in [0.29, 0.717) is 6.61 Å². The molecule has 1 atom stereocenters. The Morgan fingerprint density at radius 1 is 1.44 bits per heavy atom. The van der Waals surface area contributed by atoms with Crippen molar-refractivity contribution < 1.29 is 9.47 Å². The minimum atomic E-state index is -0.0495. The van der Waals surface area contributed by atoms with Gasteiger partial charge in [-0.3, -0.25) is 0 Å². The number of hydrogen-bond donors (Lipinski definition) is 1. The molecule has 0 fully saturated rings. The summed E-state index contributed by atoms with van der Waals surface area (Å²) < 4.78 is 10.8. The first-order chi connectivity index (χ1) is 7.69. The zero-order valence-electron chi connectivity index (χ0n) is 10.1. The smallest absolute Gasteiger partial charge is 0.128 e. The molecule has 0 aliphatic heterocycles.